The zero-order chi connectivity index (χ0) is 21.5. The Bertz CT molecular complexity index is 1350. The van der Waals surface area contributed by atoms with Gasteiger partial charge in [0.2, 0.25) is 0 Å². The van der Waals surface area contributed by atoms with Gasteiger partial charge >= 0.3 is 0 Å². The van der Waals surface area contributed by atoms with Crippen molar-refractivity contribution in [2.24, 2.45) is 10.9 Å². The quantitative estimate of drug-likeness (QED) is 0.276. The van der Waals surface area contributed by atoms with Crippen LogP contribution in [0, 0.1) is 5.92 Å². The Morgan fingerprint density at radius 2 is 1.69 bits per heavy atom. The summed E-state index contributed by atoms with van der Waals surface area (Å²) in [6.45, 7) is 0. The van der Waals surface area contributed by atoms with Gasteiger partial charge in [0.05, 0.1) is 11.7 Å². The van der Waals surface area contributed by atoms with E-state index in [4.69, 9.17) is 0 Å². The highest BCUT2D eigenvalue weighted by Gasteiger charge is 2.37. The molecule has 0 radical (unpaired) electrons. The van der Waals surface area contributed by atoms with Crippen molar-refractivity contribution in [3.63, 3.8) is 0 Å². The van der Waals surface area contributed by atoms with Gasteiger partial charge in [0, 0.05) is 23.4 Å². The highest BCUT2D eigenvalue weighted by molar-refractivity contribution is 6.02. The molecule has 0 saturated carbocycles. The van der Waals surface area contributed by atoms with Crippen molar-refractivity contribution in [2.75, 3.05) is 5.32 Å². The monoisotopic (exact) mass is 416 g/mol. The molecule has 0 aromatic heterocycles. The molecule has 6 rings (SSSR count). The van der Waals surface area contributed by atoms with E-state index < -0.39 is 0 Å². The van der Waals surface area contributed by atoms with E-state index >= 15 is 0 Å². The Balaban J connectivity index is 1.29. The summed E-state index contributed by atoms with van der Waals surface area (Å²) in [6.07, 6.45) is 7.55. The molecule has 0 unspecified atom stereocenters. The normalized spacial score (nSPS) is 21.4. The number of para-hydroxylation sites is 1. The Morgan fingerprint density at radius 1 is 0.875 bits per heavy atom. The number of anilines is 1. The molecule has 0 fully saturated rings. The minimum absolute atomic E-state index is 0.244. The molecule has 3 atom stereocenters. The van der Waals surface area contributed by atoms with Crippen LogP contribution in [0.3, 0.4) is 0 Å². The van der Waals surface area contributed by atoms with E-state index in [9.17, 15) is 5.11 Å². The minimum atomic E-state index is 0.244. The molecular formula is C29H24N2O. The van der Waals surface area contributed by atoms with Crippen molar-refractivity contribution >= 4 is 28.4 Å². The van der Waals surface area contributed by atoms with Crippen LogP contribution in [0.2, 0.25) is 0 Å². The number of aliphatic imine (C=N–C) groups is 1. The van der Waals surface area contributed by atoms with Crippen LogP contribution in [0.15, 0.2) is 102 Å². The second-order valence-corrected chi connectivity index (χ2v) is 8.63. The average Bonchev–Trinajstić information content (AvgIpc) is 3.34. The standard InChI is InChI=1S/C29H24N2O/c32-28-17-14-19-6-1-2-7-22(19)26(28)18-30-21-15-12-20(13-16-21)29-25-10-5-9-23(25)24-8-3-4-11-27(24)31-29/h1-9,11-18,23,25,29,31-32H,10H2/t23-,25-,29+/m1/s1. The number of hydrogen-bond donors (Lipinski definition) is 2. The van der Waals surface area contributed by atoms with Gasteiger partial charge in [-0.1, -0.05) is 72.8 Å². The molecule has 32 heavy (non-hydrogen) atoms. The maximum absolute atomic E-state index is 10.4. The van der Waals surface area contributed by atoms with Crippen molar-refractivity contribution in [1.82, 2.24) is 0 Å². The molecule has 0 bridgehead atoms. The summed E-state index contributed by atoms with van der Waals surface area (Å²) in [6, 6.07) is 29.1. The van der Waals surface area contributed by atoms with E-state index in [1.54, 1.807) is 12.3 Å². The van der Waals surface area contributed by atoms with E-state index in [1.807, 2.05) is 30.3 Å². The van der Waals surface area contributed by atoms with E-state index in [1.165, 1.54) is 16.8 Å². The number of phenols is 1. The fourth-order valence-electron chi connectivity index (χ4n) is 5.20. The Morgan fingerprint density at radius 3 is 2.59 bits per heavy atom. The number of rotatable bonds is 3. The molecule has 4 aromatic rings. The SMILES string of the molecule is Oc1ccc2ccccc2c1C=Nc1ccc([C@@H]2Nc3ccccc3[C@H]3C=CC[C@H]32)cc1. The summed E-state index contributed by atoms with van der Waals surface area (Å²) in [5.74, 6) is 1.25. The number of nitrogens with zero attached hydrogens (tertiary/aromatic N) is 1. The molecule has 0 amide bonds. The van der Waals surface area contributed by atoms with Crippen molar-refractivity contribution in [1.29, 1.82) is 0 Å². The first-order chi connectivity index (χ1) is 15.8. The lowest BCUT2D eigenvalue weighted by Gasteiger charge is -2.37. The number of hydrogen-bond acceptors (Lipinski definition) is 3. The lowest BCUT2D eigenvalue weighted by molar-refractivity contribution is 0.425. The van der Waals surface area contributed by atoms with Gasteiger partial charge in [-0.15, -0.1) is 0 Å². The Labute approximate surface area is 187 Å². The molecular weight excluding hydrogens is 392 g/mol. The third kappa shape index (κ3) is 3.18. The fourth-order valence-corrected chi connectivity index (χ4v) is 5.20. The summed E-state index contributed by atoms with van der Waals surface area (Å²) in [4.78, 5) is 4.66. The van der Waals surface area contributed by atoms with Crippen LogP contribution in [0.25, 0.3) is 10.8 Å². The Hall–Kier alpha value is -3.85. The number of benzene rings is 4. The minimum Gasteiger partial charge on any atom is -0.507 e. The molecule has 1 heterocycles. The van der Waals surface area contributed by atoms with Crippen LogP contribution >= 0.6 is 0 Å². The molecule has 3 heteroatoms. The summed E-state index contributed by atoms with van der Waals surface area (Å²) in [7, 11) is 0. The van der Waals surface area contributed by atoms with Gasteiger partial charge in [-0.3, -0.25) is 4.99 Å². The fraction of sp³-hybridized carbons (Fsp3) is 0.138. The van der Waals surface area contributed by atoms with Crippen LogP contribution in [-0.4, -0.2) is 11.3 Å². The predicted octanol–water partition coefficient (Wildman–Crippen LogP) is 7.12. The molecule has 2 N–H and O–H groups in total. The zero-order valence-corrected chi connectivity index (χ0v) is 17.6. The van der Waals surface area contributed by atoms with E-state index in [2.05, 4.69) is 71.0 Å². The van der Waals surface area contributed by atoms with Crippen LogP contribution in [-0.2, 0) is 0 Å². The summed E-state index contributed by atoms with van der Waals surface area (Å²) in [5, 5.41) is 16.2. The molecule has 3 nitrogen and oxygen atoms in total. The van der Waals surface area contributed by atoms with Crippen LogP contribution < -0.4 is 5.32 Å². The van der Waals surface area contributed by atoms with Gasteiger partial charge in [0.15, 0.2) is 0 Å². The second kappa shape index (κ2) is 7.69. The summed E-state index contributed by atoms with van der Waals surface area (Å²) in [5.41, 5.74) is 5.54. The maximum Gasteiger partial charge on any atom is 0.124 e. The summed E-state index contributed by atoms with van der Waals surface area (Å²) >= 11 is 0. The topological polar surface area (TPSA) is 44.6 Å². The largest absolute Gasteiger partial charge is 0.507 e. The molecule has 1 aliphatic carbocycles. The second-order valence-electron chi connectivity index (χ2n) is 8.63. The molecule has 1 aliphatic heterocycles. The summed E-state index contributed by atoms with van der Waals surface area (Å²) < 4.78 is 0. The number of allylic oxidation sites excluding steroid dienone is 2. The molecule has 4 aromatic carbocycles. The Kier molecular flexibility index (Phi) is 4.53. The first kappa shape index (κ1) is 18.9. The average molecular weight is 417 g/mol. The van der Waals surface area contributed by atoms with E-state index in [0.29, 0.717) is 11.8 Å². The number of phenolic OH excluding ortho intramolecular Hbond substituents is 1. The van der Waals surface area contributed by atoms with Crippen molar-refractivity contribution in [2.45, 2.75) is 18.4 Å². The van der Waals surface area contributed by atoms with Crippen LogP contribution in [0.5, 0.6) is 5.75 Å². The van der Waals surface area contributed by atoms with Crippen molar-refractivity contribution < 1.29 is 5.11 Å². The van der Waals surface area contributed by atoms with E-state index in [-0.39, 0.29) is 11.8 Å². The number of aromatic hydroxyl groups is 1. The van der Waals surface area contributed by atoms with Gasteiger partial charge in [-0.2, -0.15) is 0 Å². The lowest BCUT2D eigenvalue weighted by atomic mass is 9.77. The maximum atomic E-state index is 10.4. The van der Waals surface area contributed by atoms with Crippen LogP contribution in [0.4, 0.5) is 11.4 Å². The zero-order valence-electron chi connectivity index (χ0n) is 17.6. The first-order valence-corrected chi connectivity index (χ1v) is 11.1. The highest BCUT2D eigenvalue weighted by atomic mass is 16.3. The lowest BCUT2D eigenvalue weighted by Crippen LogP contribution is -2.28. The molecule has 0 saturated heterocycles. The number of nitrogens with one attached hydrogen (secondary N) is 1. The smallest absolute Gasteiger partial charge is 0.124 e. The van der Waals surface area contributed by atoms with Crippen molar-refractivity contribution in [3.05, 3.63) is 114 Å². The predicted molar refractivity (Wildman–Crippen MR) is 132 cm³/mol. The van der Waals surface area contributed by atoms with Gasteiger partial charge < -0.3 is 10.4 Å². The van der Waals surface area contributed by atoms with Gasteiger partial charge in [0.1, 0.15) is 5.75 Å². The molecule has 0 spiro atoms. The van der Waals surface area contributed by atoms with Crippen LogP contribution in [0.1, 0.15) is 35.1 Å². The molecule has 2 aliphatic rings. The third-order valence-corrected chi connectivity index (χ3v) is 6.81. The van der Waals surface area contributed by atoms with Gasteiger partial charge in [0.25, 0.3) is 0 Å². The van der Waals surface area contributed by atoms with Gasteiger partial charge in [-0.05, 0) is 58.5 Å². The van der Waals surface area contributed by atoms with Crippen molar-refractivity contribution in [3.8, 4) is 5.75 Å². The molecule has 156 valence electrons. The van der Waals surface area contributed by atoms with E-state index in [0.717, 1.165) is 28.4 Å². The third-order valence-electron chi connectivity index (χ3n) is 6.81. The first-order valence-electron chi connectivity index (χ1n) is 11.1. The highest BCUT2D eigenvalue weighted by Crippen LogP contribution is 2.49. The van der Waals surface area contributed by atoms with Gasteiger partial charge in [-0.25, -0.2) is 0 Å². The number of fused-ring (bicyclic) bond motifs is 4.